The molecule has 3 aromatic carbocycles. The van der Waals surface area contributed by atoms with E-state index in [1.165, 1.54) is 5.56 Å². The molecule has 0 bridgehead atoms. The maximum Gasteiger partial charge on any atom is 0.252 e. The summed E-state index contributed by atoms with van der Waals surface area (Å²) in [5.41, 5.74) is 3.38. The van der Waals surface area contributed by atoms with Gasteiger partial charge in [0.1, 0.15) is 5.75 Å². The molecular formula is C28H28N2O3. The summed E-state index contributed by atoms with van der Waals surface area (Å²) in [6.45, 7) is 4.60. The summed E-state index contributed by atoms with van der Waals surface area (Å²) >= 11 is 0. The van der Waals surface area contributed by atoms with E-state index in [9.17, 15) is 4.79 Å². The van der Waals surface area contributed by atoms with Gasteiger partial charge in [-0.15, -0.1) is 0 Å². The van der Waals surface area contributed by atoms with Crippen LogP contribution in [-0.2, 0) is 6.42 Å². The number of benzene rings is 3. The van der Waals surface area contributed by atoms with Crippen molar-refractivity contribution in [1.82, 2.24) is 10.3 Å². The van der Waals surface area contributed by atoms with Crippen LogP contribution in [0.25, 0.3) is 22.8 Å². The van der Waals surface area contributed by atoms with Crippen molar-refractivity contribution in [2.45, 2.75) is 32.7 Å². The number of nitrogens with one attached hydrogen (secondary N) is 1. The Balaban J connectivity index is 1.46. The molecule has 33 heavy (non-hydrogen) atoms. The predicted octanol–water partition coefficient (Wildman–Crippen LogP) is 6.16. The number of oxazole rings is 1. The van der Waals surface area contributed by atoms with Crippen LogP contribution in [0.15, 0.2) is 89.5 Å². The highest BCUT2D eigenvalue weighted by Crippen LogP contribution is 2.29. The summed E-state index contributed by atoms with van der Waals surface area (Å²) in [5, 5.41) is 3.11. The van der Waals surface area contributed by atoms with Gasteiger partial charge in [-0.25, -0.2) is 4.98 Å². The number of nitrogens with zero attached hydrogens (tertiary/aromatic N) is 1. The molecule has 0 radical (unpaired) electrons. The van der Waals surface area contributed by atoms with E-state index in [-0.39, 0.29) is 11.9 Å². The van der Waals surface area contributed by atoms with Gasteiger partial charge in [0, 0.05) is 17.2 Å². The van der Waals surface area contributed by atoms with Crippen molar-refractivity contribution in [1.29, 1.82) is 0 Å². The van der Waals surface area contributed by atoms with Gasteiger partial charge in [0.2, 0.25) is 5.89 Å². The highest BCUT2D eigenvalue weighted by molar-refractivity contribution is 6.00. The van der Waals surface area contributed by atoms with Gasteiger partial charge < -0.3 is 14.5 Å². The molecule has 0 saturated carbocycles. The van der Waals surface area contributed by atoms with E-state index < -0.39 is 0 Å². The summed E-state index contributed by atoms with van der Waals surface area (Å²) in [7, 11) is 0. The smallest absolute Gasteiger partial charge is 0.252 e. The minimum absolute atomic E-state index is 0.0368. The lowest BCUT2D eigenvalue weighted by molar-refractivity contribution is 0.0939. The second-order valence-corrected chi connectivity index (χ2v) is 7.93. The minimum Gasteiger partial charge on any atom is -0.494 e. The maximum absolute atomic E-state index is 13.0. The number of rotatable bonds is 9. The first-order chi connectivity index (χ1) is 16.1. The molecule has 4 rings (SSSR count). The number of carbonyl (C=O) groups excluding carboxylic acids is 1. The lowest BCUT2D eigenvalue weighted by Crippen LogP contribution is -2.33. The van der Waals surface area contributed by atoms with E-state index in [1.54, 1.807) is 12.3 Å². The van der Waals surface area contributed by atoms with E-state index in [0.29, 0.717) is 29.4 Å². The second kappa shape index (κ2) is 10.6. The molecule has 1 N–H and O–H groups in total. The van der Waals surface area contributed by atoms with Crippen LogP contribution in [0.3, 0.4) is 0 Å². The fraction of sp³-hybridized carbons (Fsp3) is 0.214. The summed E-state index contributed by atoms with van der Waals surface area (Å²) in [6.07, 6.45) is 3.45. The molecule has 0 saturated heterocycles. The number of carbonyl (C=O) groups is 1. The highest BCUT2D eigenvalue weighted by atomic mass is 16.5. The van der Waals surface area contributed by atoms with E-state index in [2.05, 4.69) is 22.4 Å². The number of aromatic nitrogens is 1. The van der Waals surface area contributed by atoms with Gasteiger partial charge in [0.15, 0.2) is 5.76 Å². The molecule has 0 aliphatic heterocycles. The van der Waals surface area contributed by atoms with E-state index in [0.717, 1.165) is 24.2 Å². The number of hydrogen-bond acceptors (Lipinski definition) is 4. The molecule has 0 aliphatic carbocycles. The van der Waals surface area contributed by atoms with Crippen LogP contribution < -0.4 is 10.1 Å². The van der Waals surface area contributed by atoms with Crippen molar-refractivity contribution in [3.05, 3.63) is 96.2 Å². The SMILES string of the molecule is CCOc1ccc(-c2cnc(-c3ccccc3C(=O)N[C@@H](C)CCc3ccccc3)o2)cc1. The van der Waals surface area contributed by atoms with Crippen LogP contribution in [-0.4, -0.2) is 23.5 Å². The lowest BCUT2D eigenvalue weighted by atomic mass is 10.0. The van der Waals surface area contributed by atoms with Crippen molar-refractivity contribution >= 4 is 5.91 Å². The van der Waals surface area contributed by atoms with Crippen LogP contribution >= 0.6 is 0 Å². The molecule has 1 atom stereocenters. The molecule has 4 aromatic rings. The van der Waals surface area contributed by atoms with Crippen LogP contribution in [0, 0.1) is 0 Å². The monoisotopic (exact) mass is 440 g/mol. The molecule has 5 nitrogen and oxygen atoms in total. The van der Waals surface area contributed by atoms with Gasteiger partial charge in [-0.05, 0) is 68.7 Å². The average molecular weight is 441 g/mol. The second-order valence-electron chi connectivity index (χ2n) is 7.93. The molecule has 1 amide bonds. The zero-order valence-corrected chi connectivity index (χ0v) is 19.0. The Morgan fingerprint density at radius 2 is 1.73 bits per heavy atom. The van der Waals surface area contributed by atoms with Crippen LogP contribution in [0.5, 0.6) is 5.75 Å². The quantitative estimate of drug-likeness (QED) is 0.339. The normalized spacial score (nSPS) is 11.7. The van der Waals surface area contributed by atoms with Crippen molar-refractivity contribution in [2.24, 2.45) is 0 Å². The zero-order valence-electron chi connectivity index (χ0n) is 19.0. The highest BCUT2D eigenvalue weighted by Gasteiger charge is 2.18. The van der Waals surface area contributed by atoms with E-state index in [1.807, 2.05) is 74.5 Å². The summed E-state index contributed by atoms with van der Waals surface area (Å²) in [5.74, 6) is 1.73. The Hall–Kier alpha value is -3.86. The van der Waals surface area contributed by atoms with Gasteiger partial charge in [-0.3, -0.25) is 4.79 Å². The topological polar surface area (TPSA) is 64.4 Å². The third kappa shape index (κ3) is 5.69. The van der Waals surface area contributed by atoms with Crippen molar-refractivity contribution in [2.75, 3.05) is 6.61 Å². The average Bonchev–Trinajstić information content (AvgIpc) is 3.34. The zero-order chi connectivity index (χ0) is 23.0. The Labute approximate surface area is 194 Å². The first kappa shape index (κ1) is 22.3. The summed E-state index contributed by atoms with van der Waals surface area (Å²) < 4.78 is 11.5. The first-order valence-electron chi connectivity index (χ1n) is 11.3. The van der Waals surface area contributed by atoms with Gasteiger partial charge >= 0.3 is 0 Å². The van der Waals surface area contributed by atoms with Gasteiger partial charge in [0.25, 0.3) is 5.91 Å². The molecule has 0 spiro atoms. The molecular weight excluding hydrogens is 412 g/mol. The van der Waals surface area contributed by atoms with E-state index in [4.69, 9.17) is 9.15 Å². The first-order valence-corrected chi connectivity index (χ1v) is 11.3. The van der Waals surface area contributed by atoms with Crippen molar-refractivity contribution in [3.63, 3.8) is 0 Å². The third-order valence-corrected chi connectivity index (χ3v) is 5.44. The van der Waals surface area contributed by atoms with Crippen LogP contribution in [0.1, 0.15) is 36.2 Å². The molecule has 0 fully saturated rings. The van der Waals surface area contributed by atoms with Crippen LogP contribution in [0.2, 0.25) is 0 Å². The molecule has 168 valence electrons. The molecule has 0 aliphatic rings. The standard InChI is InChI=1S/C28H28N2O3/c1-3-32-23-17-15-22(16-18-23)26-19-29-28(33-26)25-12-8-7-11-24(25)27(31)30-20(2)13-14-21-9-5-4-6-10-21/h4-12,15-20H,3,13-14H2,1-2H3,(H,30,31)/t20-/m0/s1. The Bertz CT molecular complexity index is 1180. The number of amides is 1. The number of ether oxygens (including phenoxy) is 1. The fourth-order valence-corrected chi connectivity index (χ4v) is 3.68. The van der Waals surface area contributed by atoms with Crippen molar-refractivity contribution < 1.29 is 13.9 Å². The summed E-state index contributed by atoms with van der Waals surface area (Å²) in [4.78, 5) is 17.5. The van der Waals surface area contributed by atoms with Gasteiger partial charge in [0.05, 0.1) is 18.4 Å². The third-order valence-electron chi connectivity index (χ3n) is 5.44. The number of hydrogen-bond donors (Lipinski definition) is 1. The largest absolute Gasteiger partial charge is 0.494 e. The molecule has 1 aromatic heterocycles. The fourth-order valence-electron chi connectivity index (χ4n) is 3.68. The Morgan fingerprint density at radius 3 is 2.48 bits per heavy atom. The minimum atomic E-state index is -0.132. The molecule has 0 unspecified atom stereocenters. The molecule has 5 heteroatoms. The van der Waals surface area contributed by atoms with Crippen molar-refractivity contribution in [3.8, 4) is 28.5 Å². The molecule has 1 heterocycles. The lowest BCUT2D eigenvalue weighted by Gasteiger charge is -2.15. The summed E-state index contributed by atoms with van der Waals surface area (Å²) in [6, 6.07) is 25.4. The van der Waals surface area contributed by atoms with E-state index >= 15 is 0 Å². The van der Waals surface area contributed by atoms with Gasteiger partial charge in [-0.2, -0.15) is 0 Å². The van der Waals surface area contributed by atoms with Crippen LogP contribution in [0.4, 0.5) is 0 Å². The maximum atomic E-state index is 13.0. The Kier molecular flexibility index (Phi) is 7.20. The predicted molar refractivity (Wildman–Crippen MR) is 130 cm³/mol. The Morgan fingerprint density at radius 1 is 1.00 bits per heavy atom. The number of aryl methyl sites for hydroxylation is 1. The van der Waals surface area contributed by atoms with Gasteiger partial charge in [-0.1, -0.05) is 42.5 Å².